The quantitative estimate of drug-likeness (QED) is 0.0765. The number of likely N-dealkylation sites (tertiary alicyclic amines) is 1. The molecule has 13 nitrogen and oxygen atoms in total. The highest BCUT2D eigenvalue weighted by atomic mass is 17.2. The number of dihydropyridines is 1. The Morgan fingerprint density at radius 2 is 1.70 bits per heavy atom. The number of carbonyl (C=O) groups is 2. The van der Waals surface area contributed by atoms with Crippen molar-refractivity contribution in [1.82, 2.24) is 15.5 Å². The number of nitrogens with zero attached hydrogens (tertiary/aromatic N) is 1. The highest BCUT2D eigenvalue weighted by Crippen LogP contribution is 2.44. The molecule has 1 saturated heterocycles. The lowest BCUT2D eigenvalue weighted by molar-refractivity contribution is -0.324. The first-order valence-corrected chi connectivity index (χ1v) is 22.1. The van der Waals surface area contributed by atoms with E-state index in [1.165, 1.54) is 20.0 Å². The van der Waals surface area contributed by atoms with E-state index in [9.17, 15) is 9.59 Å². The summed E-state index contributed by atoms with van der Waals surface area (Å²) in [5.74, 6) is 0.750. The summed E-state index contributed by atoms with van der Waals surface area (Å²) >= 11 is 0. The normalized spacial score (nSPS) is 23.2. The summed E-state index contributed by atoms with van der Waals surface area (Å²) < 4.78 is 34.6. The predicted octanol–water partition coefficient (Wildman–Crippen LogP) is 7.84. The van der Waals surface area contributed by atoms with Crippen molar-refractivity contribution in [3.05, 3.63) is 81.7 Å². The number of carbonyl (C=O) groups excluding carboxylic acids is 2. The Hall–Kier alpha value is -4.14. The molecule has 1 amide bonds. The molecule has 0 bridgehead atoms. The lowest BCUT2D eigenvalue weighted by Crippen LogP contribution is -2.46. The van der Waals surface area contributed by atoms with Gasteiger partial charge in [0.25, 0.3) is 0 Å². The zero-order chi connectivity index (χ0) is 42.3. The van der Waals surface area contributed by atoms with Crippen molar-refractivity contribution in [1.29, 1.82) is 0 Å². The Labute approximate surface area is 356 Å². The molecule has 0 aromatic heterocycles. The zero-order valence-corrected chi connectivity index (χ0v) is 36.4. The number of methoxy groups -OCH3 is 3. The van der Waals surface area contributed by atoms with E-state index in [1.54, 1.807) is 14.2 Å². The van der Waals surface area contributed by atoms with Crippen molar-refractivity contribution in [3.63, 3.8) is 0 Å². The summed E-state index contributed by atoms with van der Waals surface area (Å²) in [6.45, 7) is 8.04. The Balaban J connectivity index is 0.861. The highest BCUT2D eigenvalue weighted by Gasteiger charge is 2.39. The Bertz CT molecular complexity index is 1780. The van der Waals surface area contributed by atoms with Crippen LogP contribution in [0, 0.1) is 0 Å². The van der Waals surface area contributed by atoms with E-state index < -0.39 is 0 Å². The van der Waals surface area contributed by atoms with Gasteiger partial charge in [0.1, 0.15) is 18.8 Å². The third-order valence-electron chi connectivity index (χ3n) is 12.3. The van der Waals surface area contributed by atoms with Crippen LogP contribution in [0.25, 0.3) is 0 Å². The number of alkyl carbamates (subject to hydrolysis) is 1. The molecule has 2 aromatic carbocycles. The molecule has 2 fully saturated rings. The molecule has 2 unspecified atom stereocenters. The minimum Gasteiger partial charge on any atom is -0.493 e. The second-order valence-corrected chi connectivity index (χ2v) is 16.2. The molecule has 0 spiro atoms. The molecule has 3 heterocycles. The van der Waals surface area contributed by atoms with E-state index in [0.717, 1.165) is 117 Å². The molecule has 13 heteroatoms. The van der Waals surface area contributed by atoms with Gasteiger partial charge in [0.2, 0.25) is 0 Å². The van der Waals surface area contributed by atoms with Gasteiger partial charge in [0, 0.05) is 43.9 Å². The summed E-state index contributed by atoms with van der Waals surface area (Å²) in [6, 6.07) is 14.5. The fourth-order valence-electron chi connectivity index (χ4n) is 9.15. The van der Waals surface area contributed by atoms with Gasteiger partial charge >= 0.3 is 12.1 Å². The molecule has 6 rings (SSSR count). The third-order valence-corrected chi connectivity index (χ3v) is 12.3. The van der Waals surface area contributed by atoms with E-state index in [0.29, 0.717) is 37.1 Å². The van der Waals surface area contributed by atoms with Gasteiger partial charge < -0.3 is 39.1 Å². The average molecular weight is 834 g/mol. The van der Waals surface area contributed by atoms with Gasteiger partial charge in [0.05, 0.1) is 51.9 Å². The second kappa shape index (κ2) is 23.2. The van der Waals surface area contributed by atoms with E-state index in [1.807, 2.05) is 37.3 Å². The maximum atomic E-state index is 13.3. The monoisotopic (exact) mass is 833 g/mol. The number of unbranched alkanes of at least 4 members (excludes halogenated alkanes) is 4. The van der Waals surface area contributed by atoms with Gasteiger partial charge in [-0.05, 0) is 86.3 Å². The molecule has 4 aliphatic rings. The maximum Gasteiger partial charge on any atom is 0.407 e. The first-order valence-electron chi connectivity index (χ1n) is 22.1. The average Bonchev–Trinajstić information content (AvgIpc) is 3.73. The van der Waals surface area contributed by atoms with Gasteiger partial charge in [-0.15, -0.1) is 0 Å². The topological polar surface area (TPSA) is 135 Å². The predicted molar refractivity (Wildman–Crippen MR) is 228 cm³/mol. The number of esters is 1. The van der Waals surface area contributed by atoms with E-state index in [4.69, 9.17) is 38.2 Å². The van der Waals surface area contributed by atoms with Crippen molar-refractivity contribution >= 4 is 12.1 Å². The van der Waals surface area contributed by atoms with Gasteiger partial charge in [0.15, 0.2) is 11.5 Å². The Kier molecular flexibility index (Phi) is 17.5. The number of hydrogen-bond donors (Lipinski definition) is 2. The van der Waals surface area contributed by atoms with E-state index >= 15 is 0 Å². The lowest BCUT2D eigenvalue weighted by Gasteiger charge is -2.37. The lowest BCUT2D eigenvalue weighted by atomic mass is 9.77. The summed E-state index contributed by atoms with van der Waals surface area (Å²) in [6.07, 6.45) is 11.3. The molecule has 1 aliphatic carbocycles. The molecule has 2 N–H and O–H groups in total. The van der Waals surface area contributed by atoms with Crippen LogP contribution in [-0.2, 0) is 39.9 Å². The Morgan fingerprint density at radius 1 is 0.917 bits per heavy atom. The van der Waals surface area contributed by atoms with Crippen molar-refractivity contribution < 1.29 is 47.8 Å². The van der Waals surface area contributed by atoms with Gasteiger partial charge in [-0.2, -0.15) is 0 Å². The van der Waals surface area contributed by atoms with Crippen LogP contribution in [0.5, 0.6) is 11.5 Å². The third kappa shape index (κ3) is 11.8. The first-order chi connectivity index (χ1) is 29.3. The van der Waals surface area contributed by atoms with E-state index in [2.05, 4.69) is 34.6 Å². The number of hydrogen-bond acceptors (Lipinski definition) is 12. The maximum absolute atomic E-state index is 13.3. The summed E-state index contributed by atoms with van der Waals surface area (Å²) in [5, 5.41) is 6.38. The number of benzene rings is 2. The van der Waals surface area contributed by atoms with Gasteiger partial charge in [-0.3, -0.25) is 4.90 Å². The largest absolute Gasteiger partial charge is 0.493 e. The smallest absolute Gasteiger partial charge is 0.407 e. The fraction of sp³-hybridized carbons (Fsp3) is 0.617. The van der Waals surface area contributed by atoms with Crippen LogP contribution in [0.2, 0.25) is 0 Å². The van der Waals surface area contributed by atoms with Crippen molar-refractivity contribution in [2.24, 2.45) is 0 Å². The molecule has 5 atom stereocenters. The summed E-state index contributed by atoms with van der Waals surface area (Å²) in [5.41, 5.74) is 6.29. The molecule has 1 saturated carbocycles. The minimum absolute atomic E-state index is 0.103. The van der Waals surface area contributed by atoms with Crippen LogP contribution in [0.3, 0.4) is 0 Å². The van der Waals surface area contributed by atoms with Crippen LogP contribution < -0.4 is 20.1 Å². The second-order valence-electron chi connectivity index (χ2n) is 16.2. The molecule has 60 heavy (non-hydrogen) atoms. The summed E-state index contributed by atoms with van der Waals surface area (Å²) in [7, 11) is 4.72. The summed E-state index contributed by atoms with van der Waals surface area (Å²) in [4.78, 5) is 40.0. The SMILES string of the molecule is CCC1OOCC2=C(C)NC(COCCCCCCCNC(=O)O[C@@H]3CCN([C@@H]4CCCC[C@H]4OCCc4ccc(OC)c(OC)c4)C3)=C(C(=O)OC)C2c2ccccc21. The number of amides is 1. The first kappa shape index (κ1) is 45.4. The van der Waals surface area contributed by atoms with Crippen molar-refractivity contribution in [2.75, 3.05) is 67.4 Å². The molecular formula is C47H67N3O10. The highest BCUT2D eigenvalue weighted by molar-refractivity contribution is 5.93. The number of nitrogens with one attached hydrogen (secondary N) is 2. The number of fused-ring (bicyclic) bond motifs is 3. The van der Waals surface area contributed by atoms with Crippen molar-refractivity contribution in [3.8, 4) is 11.5 Å². The molecule has 0 radical (unpaired) electrons. The number of allylic oxidation sites excluding steroid dienone is 1. The standard InChI is InChI=1S/C47H67N3O10/c1-6-40-35-16-10-11-17-36(35)44-37(30-58-60-40)32(2)49-38(45(44)46(51)55-5)31-56-26-15-9-7-8-14-24-48-47(52)59-34-22-25-50(29-34)39-18-12-13-19-41(39)57-27-23-33-20-21-42(53-3)43(28-33)54-4/h10-11,16-17,20-21,28,34,39-41,44,49H,6-9,12-15,18-19,22-27,29-31H2,1-5H3,(H,48,52)/t34-,39-,40?,41-,44?/m1/s1. The molecule has 330 valence electrons. The van der Waals surface area contributed by atoms with Crippen LogP contribution in [0.4, 0.5) is 4.79 Å². The van der Waals surface area contributed by atoms with Crippen LogP contribution in [-0.4, -0.2) is 103 Å². The Morgan fingerprint density at radius 3 is 2.50 bits per heavy atom. The van der Waals surface area contributed by atoms with Crippen molar-refractivity contribution in [2.45, 2.75) is 121 Å². The van der Waals surface area contributed by atoms with Gasteiger partial charge in [-0.25, -0.2) is 19.4 Å². The minimum atomic E-state index is -0.388. The fourth-order valence-corrected chi connectivity index (χ4v) is 9.15. The molecular weight excluding hydrogens is 767 g/mol. The zero-order valence-electron chi connectivity index (χ0n) is 36.4. The van der Waals surface area contributed by atoms with Crippen LogP contribution >= 0.6 is 0 Å². The molecule has 3 aliphatic heterocycles. The number of ether oxygens (including phenoxy) is 6. The van der Waals surface area contributed by atoms with Crippen LogP contribution in [0.15, 0.2) is 65.0 Å². The van der Waals surface area contributed by atoms with Crippen LogP contribution in [0.1, 0.15) is 113 Å². The molecule has 2 aromatic rings. The van der Waals surface area contributed by atoms with E-state index in [-0.39, 0.29) is 49.5 Å². The number of rotatable bonds is 20. The van der Waals surface area contributed by atoms with Gasteiger partial charge in [-0.1, -0.05) is 69.4 Å².